The number of fused-ring (bicyclic) bond motifs is 1. The van der Waals surface area contributed by atoms with Crippen LogP contribution < -0.4 is 5.73 Å². The average Bonchev–Trinajstić information content (AvgIpc) is 2.33. The van der Waals surface area contributed by atoms with Crippen molar-refractivity contribution < 1.29 is 4.39 Å². The first-order chi connectivity index (χ1) is 5.68. The number of nitrogens with zero attached hydrogens (tertiary/aromatic N) is 3. The van der Waals surface area contributed by atoms with Gasteiger partial charge in [-0.25, -0.2) is 4.52 Å². The first-order valence-electron chi connectivity index (χ1n) is 3.15. The Labute approximate surface area is 75.3 Å². The van der Waals surface area contributed by atoms with Crippen LogP contribution >= 0.6 is 15.9 Å². The summed E-state index contributed by atoms with van der Waals surface area (Å²) >= 11 is 3.19. The van der Waals surface area contributed by atoms with Gasteiger partial charge in [0.1, 0.15) is 10.1 Å². The van der Waals surface area contributed by atoms with Gasteiger partial charge in [-0.2, -0.15) is 9.37 Å². The van der Waals surface area contributed by atoms with Crippen molar-refractivity contribution in [2.45, 2.75) is 0 Å². The molecule has 0 radical (unpaired) electrons. The molecule has 4 nitrogen and oxygen atoms in total. The van der Waals surface area contributed by atoms with Crippen molar-refractivity contribution in [1.29, 1.82) is 0 Å². The van der Waals surface area contributed by atoms with Crippen LogP contribution in [0.3, 0.4) is 0 Å². The van der Waals surface area contributed by atoms with Gasteiger partial charge < -0.3 is 5.73 Å². The second kappa shape index (κ2) is 2.41. The summed E-state index contributed by atoms with van der Waals surface area (Å²) in [7, 11) is 0. The molecule has 2 N–H and O–H groups in total. The molecule has 0 spiro atoms. The molecule has 0 saturated carbocycles. The monoisotopic (exact) mass is 230 g/mol. The lowest BCUT2D eigenvalue weighted by Crippen LogP contribution is -2.03. The quantitative estimate of drug-likeness (QED) is 0.741. The van der Waals surface area contributed by atoms with Crippen LogP contribution in [-0.2, 0) is 0 Å². The third-order valence-corrected chi connectivity index (χ3v) is 2.07. The number of hydrogen-bond acceptors (Lipinski definition) is 3. The second-order valence-corrected chi connectivity index (χ2v) is 3.03. The van der Waals surface area contributed by atoms with E-state index in [9.17, 15) is 4.39 Å². The fraction of sp³-hybridized carbons (Fsp3) is 0. The lowest BCUT2D eigenvalue weighted by molar-refractivity contribution is 0.513. The first kappa shape index (κ1) is 7.48. The highest BCUT2D eigenvalue weighted by Crippen LogP contribution is 2.17. The average molecular weight is 231 g/mol. The molecule has 0 aliphatic rings. The van der Waals surface area contributed by atoms with Gasteiger partial charge in [0.05, 0.1) is 0 Å². The van der Waals surface area contributed by atoms with Gasteiger partial charge in [0.2, 0.25) is 0 Å². The van der Waals surface area contributed by atoms with E-state index in [-0.39, 0.29) is 5.82 Å². The molecule has 0 aliphatic heterocycles. The minimum atomic E-state index is -0.836. The van der Waals surface area contributed by atoms with E-state index >= 15 is 0 Å². The summed E-state index contributed by atoms with van der Waals surface area (Å²) in [6.07, 6.45) is -0.836. The number of nitrogens with two attached hydrogens (primary N) is 1. The molecule has 6 heteroatoms. The van der Waals surface area contributed by atoms with E-state index < -0.39 is 6.08 Å². The number of nitrogen functional groups attached to an aromatic ring is 1. The van der Waals surface area contributed by atoms with Gasteiger partial charge in [0, 0.05) is 0 Å². The Hall–Kier alpha value is -1.17. The molecule has 0 saturated heterocycles. The molecule has 0 aliphatic carbocycles. The standard InChI is InChI=1S/C6H4BrFN4/c7-4-2-1-3-5(9)10-6(8)11-12(3)4/h1-2H,(H2,9,10,11). The van der Waals surface area contributed by atoms with E-state index in [0.29, 0.717) is 10.1 Å². The van der Waals surface area contributed by atoms with E-state index in [1.54, 1.807) is 12.1 Å². The maximum atomic E-state index is 12.6. The Bertz CT molecular complexity index is 438. The zero-order valence-corrected chi connectivity index (χ0v) is 7.42. The molecule has 0 fully saturated rings. The second-order valence-electron chi connectivity index (χ2n) is 2.22. The van der Waals surface area contributed by atoms with E-state index in [4.69, 9.17) is 5.73 Å². The van der Waals surface area contributed by atoms with E-state index in [1.165, 1.54) is 4.52 Å². The molecule has 62 valence electrons. The highest BCUT2D eigenvalue weighted by molar-refractivity contribution is 9.10. The van der Waals surface area contributed by atoms with E-state index in [2.05, 4.69) is 26.0 Å². The van der Waals surface area contributed by atoms with Gasteiger partial charge in [-0.3, -0.25) is 0 Å². The molecule has 2 aromatic rings. The number of rotatable bonds is 0. The zero-order chi connectivity index (χ0) is 8.72. The Balaban J connectivity index is 2.92. The van der Waals surface area contributed by atoms with Crippen LogP contribution in [0.25, 0.3) is 5.52 Å². The SMILES string of the molecule is Nc1nc(F)nn2c(Br)ccc12. The van der Waals surface area contributed by atoms with Crippen LogP contribution in [-0.4, -0.2) is 14.6 Å². The largest absolute Gasteiger partial charge is 0.382 e. The number of aromatic nitrogens is 3. The molecular weight excluding hydrogens is 227 g/mol. The first-order valence-corrected chi connectivity index (χ1v) is 3.94. The van der Waals surface area contributed by atoms with E-state index in [1.807, 2.05) is 0 Å². The highest BCUT2D eigenvalue weighted by atomic mass is 79.9. The molecule has 2 heterocycles. The number of hydrogen-bond donors (Lipinski definition) is 1. The maximum absolute atomic E-state index is 12.6. The molecule has 12 heavy (non-hydrogen) atoms. The zero-order valence-electron chi connectivity index (χ0n) is 5.83. The number of anilines is 1. The third-order valence-electron chi connectivity index (χ3n) is 1.47. The van der Waals surface area contributed by atoms with Crippen LogP contribution in [0.15, 0.2) is 16.7 Å². The fourth-order valence-electron chi connectivity index (χ4n) is 0.961. The summed E-state index contributed by atoms with van der Waals surface area (Å²) in [6.45, 7) is 0. The minimum Gasteiger partial charge on any atom is -0.382 e. The van der Waals surface area contributed by atoms with Gasteiger partial charge in [-0.05, 0) is 28.1 Å². The number of halogens is 2. The van der Waals surface area contributed by atoms with Crippen molar-refractivity contribution in [1.82, 2.24) is 14.6 Å². The van der Waals surface area contributed by atoms with Crippen molar-refractivity contribution in [2.24, 2.45) is 0 Å². The van der Waals surface area contributed by atoms with Crippen LogP contribution in [0.5, 0.6) is 0 Å². The van der Waals surface area contributed by atoms with Crippen molar-refractivity contribution in [3.05, 3.63) is 22.8 Å². The van der Waals surface area contributed by atoms with Crippen molar-refractivity contribution in [3.8, 4) is 0 Å². The van der Waals surface area contributed by atoms with Crippen LogP contribution in [0, 0.1) is 6.08 Å². The fourth-order valence-corrected chi connectivity index (χ4v) is 1.36. The van der Waals surface area contributed by atoms with Crippen molar-refractivity contribution in [2.75, 3.05) is 5.73 Å². The normalized spacial score (nSPS) is 10.8. The summed E-state index contributed by atoms with van der Waals surface area (Å²) < 4.78 is 14.6. The van der Waals surface area contributed by atoms with Gasteiger partial charge >= 0.3 is 6.08 Å². The van der Waals surface area contributed by atoms with Crippen LogP contribution in [0.1, 0.15) is 0 Å². The minimum absolute atomic E-state index is 0.133. The summed E-state index contributed by atoms with van der Waals surface area (Å²) in [6, 6.07) is 3.43. The van der Waals surface area contributed by atoms with Gasteiger partial charge in [-0.15, -0.1) is 5.10 Å². The Morgan fingerprint density at radius 1 is 1.50 bits per heavy atom. The molecule has 0 unspecified atom stereocenters. The van der Waals surface area contributed by atoms with Gasteiger partial charge in [-0.1, -0.05) is 0 Å². The maximum Gasteiger partial charge on any atom is 0.327 e. The smallest absolute Gasteiger partial charge is 0.327 e. The molecule has 0 amide bonds. The van der Waals surface area contributed by atoms with E-state index in [0.717, 1.165) is 0 Å². The van der Waals surface area contributed by atoms with Gasteiger partial charge in [0.25, 0.3) is 0 Å². The highest BCUT2D eigenvalue weighted by Gasteiger charge is 2.06. The topological polar surface area (TPSA) is 56.2 Å². The predicted molar refractivity (Wildman–Crippen MR) is 45.1 cm³/mol. The van der Waals surface area contributed by atoms with Crippen LogP contribution in [0.4, 0.5) is 10.2 Å². The molecule has 0 bridgehead atoms. The molecule has 2 rings (SSSR count). The van der Waals surface area contributed by atoms with Gasteiger partial charge in [0.15, 0.2) is 5.82 Å². The lowest BCUT2D eigenvalue weighted by atomic mass is 10.5. The van der Waals surface area contributed by atoms with Crippen molar-refractivity contribution in [3.63, 3.8) is 0 Å². The summed E-state index contributed by atoms with van der Waals surface area (Å²) in [4.78, 5) is 3.37. The Kier molecular flexibility index (Phi) is 1.50. The Morgan fingerprint density at radius 3 is 3.00 bits per heavy atom. The molecular formula is C6H4BrFN4. The lowest BCUT2D eigenvalue weighted by Gasteiger charge is -1.97. The molecule has 0 atom stereocenters. The summed E-state index contributed by atoms with van der Waals surface area (Å²) in [5, 5.41) is 3.51. The molecule has 0 aromatic carbocycles. The van der Waals surface area contributed by atoms with Crippen molar-refractivity contribution >= 4 is 27.3 Å². The predicted octanol–water partition coefficient (Wildman–Crippen LogP) is 1.21. The third kappa shape index (κ3) is 0.953. The molecule has 2 aromatic heterocycles. The summed E-state index contributed by atoms with van der Waals surface area (Å²) in [5.74, 6) is 0.133. The Morgan fingerprint density at radius 2 is 2.25 bits per heavy atom. The summed E-state index contributed by atoms with van der Waals surface area (Å²) in [5.41, 5.74) is 6.02. The van der Waals surface area contributed by atoms with Crippen LogP contribution in [0.2, 0.25) is 0 Å².